The Bertz CT molecular complexity index is 1190. The standard InChI is InChI=1S/C22H14Cl2FN3O/c23-15-10-11-18(25)16(12-15)22(29)26-21-13-19(14-6-2-1-3-7-14)27-28(21)20-9-5-4-8-17(20)24/h1-13H,(H,26,29). The van der Waals surface area contributed by atoms with Gasteiger partial charge in [0.15, 0.2) is 0 Å². The predicted octanol–water partition coefficient (Wildman–Crippen LogP) is 6.24. The summed E-state index contributed by atoms with van der Waals surface area (Å²) < 4.78 is 15.6. The summed E-state index contributed by atoms with van der Waals surface area (Å²) in [5.74, 6) is -0.960. The first-order valence-corrected chi connectivity index (χ1v) is 9.45. The zero-order valence-corrected chi connectivity index (χ0v) is 16.5. The van der Waals surface area contributed by atoms with Gasteiger partial charge in [-0.25, -0.2) is 9.07 Å². The van der Waals surface area contributed by atoms with Crippen LogP contribution in [0.3, 0.4) is 0 Å². The molecule has 0 saturated heterocycles. The van der Waals surface area contributed by atoms with Crippen molar-refractivity contribution >= 4 is 34.9 Å². The number of aromatic nitrogens is 2. The predicted molar refractivity (Wildman–Crippen MR) is 113 cm³/mol. The highest BCUT2D eigenvalue weighted by Gasteiger charge is 2.18. The van der Waals surface area contributed by atoms with Crippen molar-refractivity contribution in [1.29, 1.82) is 0 Å². The summed E-state index contributed by atoms with van der Waals surface area (Å²) >= 11 is 12.2. The number of hydrogen-bond acceptors (Lipinski definition) is 2. The van der Waals surface area contributed by atoms with Gasteiger partial charge in [0.2, 0.25) is 0 Å². The van der Waals surface area contributed by atoms with Crippen LogP contribution in [0.15, 0.2) is 78.9 Å². The molecule has 0 aliphatic heterocycles. The molecule has 4 rings (SSSR count). The van der Waals surface area contributed by atoms with E-state index in [4.69, 9.17) is 23.2 Å². The van der Waals surface area contributed by atoms with Crippen LogP contribution < -0.4 is 5.32 Å². The summed E-state index contributed by atoms with van der Waals surface area (Å²) in [6.07, 6.45) is 0. The van der Waals surface area contributed by atoms with Crippen molar-refractivity contribution in [1.82, 2.24) is 9.78 Å². The monoisotopic (exact) mass is 425 g/mol. The van der Waals surface area contributed by atoms with E-state index < -0.39 is 11.7 Å². The van der Waals surface area contributed by atoms with E-state index in [1.165, 1.54) is 16.8 Å². The van der Waals surface area contributed by atoms with Gasteiger partial charge in [0.25, 0.3) is 5.91 Å². The molecule has 4 aromatic rings. The number of carbonyl (C=O) groups excluding carboxylic acids is 1. The molecule has 0 fully saturated rings. The lowest BCUT2D eigenvalue weighted by Gasteiger charge is -2.10. The molecule has 7 heteroatoms. The number of nitrogens with zero attached hydrogens (tertiary/aromatic N) is 2. The molecule has 1 heterocycles. The highest BCUT2D eigenvalue weighted by Crippen LogP contribution is 2.28. The Labute approximate surface area is 176 Å². The number of carbonyl (C=O) groups is 1. The van der Waals surface area contributed by atoms with Crippen LogP contribution in [-0.2, 0) is 0 Å². The van der Waals surface area contributed by atoms with Gasteiger partial charge in [-0.2, -0.15) is 5.10 Å². The molecule has 0 aliphatic rings. The zero-order valence-electron chi connectivity index (χ0n) is 14.9. The maximum atomic E-state index is 14.1. The molecule has 0 unspecified atom stereocenters. The van der Waals surface area contributed by atoms with E-state index in [0.717, 1.165) is 11.6 Å². The molecule has 29 heavy (non-hydrogen) atoms. The summed E-state index contributed by atoms with van der Waals surface area (Å²) in [6.45, 7) is 0. The van der Waals surface area contributed by atoms with Gasteiger partial charge in [0.1, 0.15) is 11.6 Å². The Balaban J connectivity index is 1.79. The van der Waals surface area contributed by atoms with E-state index >= 15 is 0 Å². The fraction of sp³-hybridized carbons (Fsp3) is 0. The maximum Gasteiger partial charge on any atom is 0.259 e. The second-order valence-electron chi connectivity index (χ2n) is 6.22. The minimum atomic E-state index is -0.668. The zero-order chi connectivity index (χ0) is 20.4. The van der Waals surface area contributed by atoms with Crippen LogP contribution in [0.4, 0.5) is 10.2 Å². The summed E-state index contributed by atoms with van der Waals surface area (Å²) in [5.41, 5.74) is 1.92. The van der Waals surface area contributed by atoms with Gasteiger partial charge in [-0.1, -0.05) is 65.7 Å². The smallest absolute Gasteiger partial charge is 0.259 e. The second-order valence-corrected chi connectivity index (χ2v) is 7.07. The van der Waals surface area contributed by atoms with Crippen LogP contribution in [0.5, 0.6) is 0 Å². The van der Waals surface area contributed by atoms with Crippen molar-refractivity contribution in [2.24, 2.45) is 0 Å². The Hall–Kier alpha value is -3.15. The van der Waals surface area contributed by atoms with Crippen LogP contribution in [0.25, 0.3) is 16.9 Å². The number of nitrogens with one attached hydrogen (secondary N) is 1. The van der Waals surface area contributed by atoms with Gasteiger partial charge < -0.3 is 5.32 Å². The van der Waals surface area contributed by atoms with Crippen LogP contribution >= 0.6 is 23.2 Å². The lowest BCUT2D eigenvalue weighted by molar-refractivity contribution is 0.102. The number of hydrogen-bond donors (Lipinski definition) is 1. The molecule has 0 radical (unpaired) electrons. The van der Waals surface area contributed by atoms with Crippen LogP contribution in [-0.4, -0.2) is 15.7 Å². The molecule has 1 aromatic heterocycles. The number of amides is 1. The molecule has 144 valence electrons. The quantitative estimate of drug-likeness (QED) is 0.420. The lowest BCUT2D eigenvalue weighted by Crippen LogP contribution is -2.16. The first kappa shape index (κ1) is 19.2. The Morgan fingerprint density at radius 2 is 1.66 bits per heavy atom. The fourth-order valence-corrected chi connectivity index (χ4v) is 3.27. The molecular weight excluding hydrogens is 412 g/mol. The SMILES string of the molecule is O=C(Nc1cc(-c2ccccc2)nn1-c1ccccc1Cl)c1cc(Cl)ccc1F. The number of rotatable bonds is 4. The van der Waals surface area contributed by atoms with Gasteiger partial charge >= 0.3 is 0 Å². The van der Waals surface area contributed by atoms with Gasteiger partial charge in [0, 0.05) is 16.7 Å². The minimum Gasteiger partial charge on any atom is -0.306 e. The molecule has 4 nitrogen and oxygen atoms in total. The van der Waals surface area contributed by atoms with Crippen molar-refractivity contribution in [3.05, 3.63) is 100 Å². The second kappa shape index (κ2) is 8.07. The minimum absolute atomic E-state index is 0.161. The first-order valence-electron chi connectivity index (χ1n) is 8.70. The van der Waals surface area contributed by atoms with E-state index in [1.54, 1.807) is 24.3 Å². The normalized spacial score (nSPS) is 10.7. The summed E-state index contributed by atoms with van der Waals surface area (Å²) in [6, 6.07) is 22.1. The summed E-state index contributed by atoms with van der Waals surface area (Å²) in [5, 5.41) is 8.03. The molecule has 0 saturated carbocycles. The third-order valence-corrected chi connectivity index (χ3v) is 4.83. The van der Waals surface area contributed by atoms with Crippen molar-refractivity contribution < 1.29 is 9.18 Å². The molecule has 3 aromatic carbocycles. The maximum absolute atomic E-state index is 14.1. The molecule has 0 spiro atoms. The summed E-state index contributed by atoms with van der Waals surface area (Å²) in [7, 11) is 0. The Morgan fingerprint density at radius 3 is 2.41 bits per heavy atom. The first-order chi connectivity index (χ1) is 14.0. The third-order valence-electron chi connectivity index (χ3n) is 4.27. The van der Waals surface area contributed by atoms with E-state index in [1.807, 2.05) is 36.4 Å². The average molecular weight is 426 g/mol. The van der Waals surface area contributed by atoms with Crippen molar-refractivity contribution in [3.63, 3.8) is 0 Å². The van der Waals surface area contributed by atoms with E-state index in [0.29, 0.717) is 22.2 Å². The number of benzene rings is 3. The van der Waals surface area contributed by atoms with Crippen molar-refractivity contribution in [2.45, 2.75) is 0 Å². The Kier molecular flexibility index (Phi) is 5.34. The van der Waals surface area contributed by atoms with E-state index in [-0.39, 0.29) is 10.6 Å². The molecular formula is C22H14Cl2FN3O. The molecule has 1 N–H and O–H groups in total. The topological polar surface area (TPSA) is 46.9 Å². The molecule has 0 aliphatic carbocycles. The summed E-state index contributed by atoms with van der Waals surface area (Å²) in [4.78, 5) is 12.7. The Morgan fingerprint density at radius 1 is 0.931 bits per heavy atom. The lowest BCUT2D eigenvalue weighted by atomic mass is 10.1. The van der Waals surface area contributed by atoms with Gasteiger partial charge in [-0.3, -0.25) is 4.79 Å². The number of halogens is 3. The van der Waals surface area contributed by atoms with Crippen molar-refractivity contribution in [3.8, 4) is 16.9 Å². The van der Waals surface area contributed by atoms with E-state index in [2.05, 4.69) is 10.4 Å². The van der Waals surface area contributed by atoms with Gasteiger partial charge in [-0.05, 0) is 30.3 Å². The average Bonchev–Trinajstić information content (AvgIpc) is 3.14. The van der Waals surface area contributed by atoms with E-state index in [9.17, 15) is 9.18 Å². The van der Waals surface area contributed by atoms with Gasteiger partial charge in [0.05, 0.1) is 22.0 Å². The van der Waals surface area contributed by atoms with Crippen LogP contribution in [0.2, 0.25) is 10.0 Å². The third kappa shape index (κ3) is 4.01. The fourth-order valence-electron chi connectivity index (χ4n) is 2.88. The molecule has 1 amide bonds. The molecule has 0 bridgehead atoms. The molecule has 0 atom stereocenters. The van der Waals surface area contributed by atoms with Gasteiger partial charge in [-0.15, -0.1) is 0 Å². The van der Waals surface area contributed by atoms with Crippen LogP contribution in [0, 0.1) is 5.82 Å². The van der Waals surface area contributed by atoms with Crippen molar-refractivity contribution in [2.75, 3.05) is 5.32 Å². The van der Waals surface area contributed by atoms with Crippen LogP contribution in [0.1, 0.15) is 10.4 Å². The highest BCUT2D eigenvalue weighted by molar-refractivity contribution is 6.32. The number of anilines is 1. The largest absolute Gasteiger partial charge is 0.306 e. The highest BCUT2D eigenvalue weighted by atomic mass is 35.5. The number of para-hydroxylation sites is 1.